The fourth-order valence-electron chi connectivity index (χ4n) is 3.49. The highest BCUT2D eigenvalue weighted by atomic mass is 35.5. The lowest BCUT2D eigenvalue weighted by Gasteiger charge is -2.34. The summed E-state index contributed by atoms with van der Waals surface area (Å²) in [5, 5.41) is 1.85. The number of aromatic nitrogens is 1. The van der Waals surface area contributed by atoms with E-state index in [1.165, 1.54) is 11.1 Å². The predicted octanol–water partition coefficient (Wildman–Crippen LogP) is 4.40. The molecule has 0 unspecified atom stereocenters. The maximum absolute atomic E-state index is 10.6. The average molecular weight is 400 g/mol. The number of aldehydes is 1. The summed E-state index contributed by atoms with van der Waals surface area (Å²) in [6.07, 6.45) is 2.41. The first kappa shape index (κ1) is 18.4. The molecule has 2 heterocycles. The standard InChI is InChI=1S/C21H22ClN3OS/c22-18-6-7-19-20(14-18)27-21(23-19)25-10-8-24(9-11-25)15-17-4-1-3-16(13-17)5-2-12-26/h1,3-4,6-7,12-14H,2,5,8-11,15H2. The zero-order valence-electron chi connectivity index (χ0n) is 15.1. The molecule has 2 aromatic carbocycles. The van der Waals surface area contributed by atoms with Gasteiger partial charge in [0.05, 0.1) is 10.2 Å². The van der Waals surface area contributed by atoms with E-state index in [0.717, 1.165) is 65.8 Å². The summed E-state index contributed by atoms with van der Waals surface area (Å²) < 4.78 is 1.15. The number of aryl methyl sites for hydroxylation is 1. The topological polar surface area (TPSA) is 36.4 Å². The molecule has 0 aliphatic carbocycles. The third-order valence-corrected chi connectivity index (χ3v) is 6.24. The molecule has 0 amide bonds. The van der Waals surface area contributed by atoms with Crippen LogP contribution in [-0.2, 0) is 17.8 Å². The van der Waals surface area contributed by atoms with Gasteiger partial charge in [0, 0.05) is 44.2 Å². The minimum atomic E-state index is 0.593. The molecule has 0 saturated carbocycles. The van der Waals surface area contributed by atoms with E-state index in [0.29, 0.717) is 6.42 Å². The molecule has 0 N–H and O–H groups in total. The van der Waals surface area contributed by atoms with E-state index in [1.54, 1.807) is 11.3 Å². The fourth-order valence-corrected chi connectivity index (χ4v) is 4.78. The number of hydrogen-bond donors (Lipinski definition) is 0. The molecule has 1 aliphatic heterocycles. The van der Waals surface area contributed by atoms with Gasteiger partial charge in [-0.05, 0) is 35.7 Å². The second-order valence-electron chi connectivity index (χ2n) is 6.90. The minimum absolute atomic E-state index is 0.593. The Balaban J connectivity index is 1.36. The van der Waals surface area contributed by atoms with Gasteiger partial charge in [0.25, 0.3) is 0 Å². The van der Waals surface area contributed by atoms with Crippen LogP contribution in [0.1, 0.15) is 17.5 Å². The Morgan fingerprint density at radius 2 is 1.89 bits per heavy atom. The smallest absolute Gasteiger partial charge is 0.186 e. The van der Waals surface area contributed by atoms with E-state index in [9.17, 15) is 4.79 Å². The predicted molar refractivity (Wildman–Crippen MR) is 113 cm³/mol. The molecule has 0 bridgehead atoms. The van der Waals surface area contributed by atoms with E-state index in [4.69, 9.17) is 16.6 Å². The maximum Gasteiger partial charge on any atom is 0.186 e. The molecule has 0 spiro atoms. The lowest BCUT2D eigenvalue weighted by atomic mass is 10.1. The number of piperazine rings is 1. The van der Waals surface area contributed by atoms with Gasteiger partial charge in [-0.1, -0.05) is 47.2 Å². The van der Waals surface area contributed by atoms with Gasteiger partial charge < -0.3 is 9.69 Å². The molecule has 3 aromatic rings. The number of nitrogens with zero attached hydrogens (tertiary/aromatic N) is 3. The first-order valence-electron chi connectivity index (χ1n) is 9.26. The third-order valence-electron chi connectivity index (χ3n) is 4.93. The van der Waals surface area contributed by atoms with Gasteiger partial charge in [-0.3, -0.25) is 4.90 Å². The lowest BCUT2D eigenvalue weighted by Crippen LogP contribution is -2.45. The number of thiazole rings is 1. The SMILES string of the molecule is O=CCCc1cccc(CN2CCN(c3nc4ccc(Cl)cc4s3)CC2)c1. The monoisotopic (exact) mass is 399 g/mol. The molecular formula is C21H22ClN3OS. The number of anilines is 1. The maximum atomic E-state index is 10.6. The average Bonchev–Trinajstić information content (AvgIpc) is 3.10. The highest BCUT2D eigenvalue weighted by Crippen LogP contribution is 2.31. The number of benzene rings is 2. The number of hydrogen-bond acceptors (Lipinski definition) is 5. The van der Waals surface area contributed by atoms with Crippen LogP contribution in [0.15, 0.2) is 42.5 Å². The van der Waals surface area contributed by atoms with Crippen LogP contribution < -0.4 is 4.90 Å². The van der Waals surface area contributed by atoms with Crippen molar-refractivity contribution in [2.24, 2.45) is 0 Å². The summed E-state index contributed by atoms with van der Waals surface area (Å²) in [5.41, 5.74) is 3.59. The van der Waals surface area contributed by atoms with Crippen LogP contribution in [0.2, 0.25) is 5.02 Å². The van der Waals surface area contributed by atoms with Crippen molar-refractivity contribution in [1.82, 2.24) is 9.88 Å². The second kappa shape index (κ2) is 8.38. The molecule has 0 radical (unpaired) electrons. The second-order valence-corrected chi connectivity index (χ2v) is 8.34. The Morgan fingerprint density at radius 3 is 2.70 bits per heavy atom. The lowest BCUT2D eigenvalue weighted by molar-refractivity contribution is -0.107. The van der Waals surface area contributed by atoms with E-state index in [2.05, 4.69) is 34.1 Å². The van der Waals surface area contributed by atoms with E-state index in [-0.39, 0.29) is 0 Å². The summed E-state index contributed by atoms with van der Waals surface area (Å²) in [6, 6.07) is 14.5. The Morgan fingerprint density at radius 1 is 1.07 bits per heavy atom. The molecule has 1 fully saturated rings. The summed E-state index contributed by atoms with van der Waals surface area (Å²) in [4.78, 5) is 20.2. The van der Waals surface area contributed by atoms with Gasteiger partial charge in [0.15, 0.2) is 5.13 Å². The van der Waals surface area contributed by atoms with Crippen LogP contribution >= 0.6 is 22.9 Å². The summed E-state index contributed by atoms with van der Waals surface area (Å²) in [7, 11) is 0. The van der Waals surface area contributed by atoms with Crippen LogP contribution in [-0.4, -0.2) is 42.3 Å². The first-order valence-corrected chi connectivity index (χ1v) is 10.5. The van der Waals surface area contributed by atoms with Crippen LogP contribution in [0.5, 0.6) is 0 Å². The molecule has 1 aromatic heterocycles. The molecule has 4 rings (SSSR count). The number of carbonyl (C=O) groups is 1. The first-order chi connectivity index (χ1) is 13.2. The largest absolute Gasteiger partial charge is 0.345 e. The number of rotatable bonds is 6. The number of carbonyl (C=O) groups excluding carboxylic acids is 1. The Bertz CT molecular complexity index is 934. The molecule has 1 saturated heterocycles. The van der Waals surface area contributed by atoms with E-state index < -0.39 is 0 Å². The Hall–Kier alpha value is -1.95. The van der Waals surface area contributed by atoms with Crippen LogP contribution in [0.4, 0.5) is 5.13 Å². The summed E-state index contributed by atoms with van der Waals surface area (Å²) >= 11 is 7.81. The zero-order valence-corrected chi connectivity index (χ0v) is 16.7. The van der Waals surface area contributed by atoms with Crippen molar-refractivity contribution in [2.75, 3.05) is 31.1 Å². The van der Waals surface area contributed by atoms with Crippen molar-refractivity contribution >= 4 is 44.6 Å². The van der Waals surface area contributed by atoms with Gasteiger partial charge in [-0.25, -0.2) is 4.98 Å². The van der Waals surface area contributed by atoms with Crippen molar-refractivity contribution in [3.8, 4) is 0 Å². The Labute approximate surface area is 168 Å². The van der Waals surface area contributed by atoms with Crippen molar-refractivity contribution in [1.29, 1.82) is 0 Å². The Kier molecular flexibility index (Phi) is 5.72. The van der Waals surface area contributed by atoms with Crippen LogP contribution in [0, 0.1) is 0 Å². The quantitative estimate of drug-likeness (QED) is 0.575. The highest BCUT2D eigenvalue weighted by Gasteiger charge is 2.20. The van der Waals surface area contributed by atoms with Gasteiger partial charge in [0.2, 0.25) is 0 Å². The van der Waals surface area contributed by atoms with Gasteiger partial charge >= 0.3 is 0 Å². The van der Waals surface area contributed by atoms with Crippen molar-refractivity contribution in [3.05, 3.63) is 58.6 Å². The highest BCUT2D eigenvalue weighted by molar-refractivity contribution is 7.22. The van der Waals surface area contributed by atoms with Gasteiger partial charge in [-0.2, -0.15) is 0 Å². The van der Waals surface area contributed by atoms with E-state index >= 15 is 0 Å². The van der Waals surface area contributed by atoms with Crippen molar-refractivity contribution in [3.63, 3.8) is 0 Å². The molecular weight excluding hydrogens is 378 g/mol. The van der Waals surface area contributed by atoms with Gasteiger partial charge in [-0.15, -0.1) is 0 Å². The molecule has 0 atom stereocenters. The molecule has 1 aliphatic rings. The molecule has 27 heavy (non-hydrogen) atoms. The number of halogens is 1. The third kappa shape index (κ3) is 4.49. The van der Waals surface area contributed by atoms with Crippen molar-refractivity contribution < 1.29 is 4.79 Å². The molecule has 140 valence electrons. The minimum Gasteiger partial charge on any atom is -0.345 e. The number of fused-ring (bicyclic) bond motifs is 1. The summed E-state index contributed by atoms with van der Waals surface area (Å²) in [5.74, 6) is 0. The summed E-state index contributed by atoms with van der Waals surface area (Å²) in [6.45, 7) is 4.97. The van der Waals surface area contributed by atoms with Crippen LogP contribution in [0.3, 0.4) is 0 Å². The fraction of sp³-hybridized carbons (Fsp3) is 0.333. The zero-order chi connectivity index (χ0) is 18.6. The van der Waals surface area contributed by atoms with Crippen molar-refractivity contribution in [2.45, 2.75) is 19.4 Å². The molecule has 6 heteroatoms. The van der Waals surface area contributed by atoms with Crippen LogP contribution in [0.25, 0.3) is 10.2 Å². The van der Waals surface area contributed by atoms with Gasteiger partial charge in [0.1, 0.15) is 6.29 Å². The molecule has 4 nitrogen and oxygen atoms in total. The normalized spacial score (nSPS) is 15.4. The van der Waals surface area contributed by atoms with E-state index in [1.807, 2.05) is 18.2 Å².